The number of carbonyl (C=O) groups excluding carboxylic acids is 1. The number of hydrogen-bond acceptors (Lipinski definition) is 22. The van der Waals surface area contributed by atoms with Gasteiger partial charge >= 0.3 is 0 Å². The van der Waals surface area contributed by atoms with Crippen molar-refractivity contribution in [2.45, 2.75) is 318 Å². The molecule has 4 N–H and O–H groups in total. The summed E-state index contributed by atoms with van der Waals surface area (Å²) in [6, 6.07) is 2.51. The molecule has 14 aliphatic rings. The second-order valence-electron chi connectivity index (χ2n) is 33.6. The number of aldehydes is 1. The molecular weight excluding hydrogens is 1190 g/mol. The van der Waals surface area contributed by atoms with Crippen LogP contribution in [0.25, 0.3) is 0 Å². The Morgan fingerprint density at radius 2 is 0.935 bits per heavy atom. The molecule has 8 aliphatic carbocycles. The van der Waals surface area contributed by atoms with Gasteiger partial charge in [0.25, 0.3) is 0 Å². The van der Waals surface area contributed by atoms with E-state index >= 15 is 0 Å². The first-order valence-electron chi connectivity index (χ1n) is 35.0. The van der Waals surface area contributed by atoms with Crippen LogP contribution in [0.2, 0.25) is 0 Å². The molecule has 2 spiro atoms. The van der Waals surface area contributed by atoms with Gasteiger partial charge in [-0.25, -0.2) is 0 Å². The van der Waals surface area contributed by atoms with Crippen LogP contribution in [-0.4, -0.2) is 199 Å². The maximum atomic E-state index is 13.0. The van der Waals surface area contributed by atoms with Crippen molar-refractivity contribution in [1.29, 1.82) is 5.26 Å². The molecule has 8 saturated carbocycles. The van der Waals surface area contributed by atoms with Gasteiger partial charge in [0.1, 0.15) is 32.1 Å². The molecular formula is C70H111NO21. The molecule has 0 aromatic carbocycles. The Kier molecular flexibility index (Phi) is 17.6. The second-order valence-corrected chi connectivity index (χ2v) is 33.6. The smallest absolute Gasteiger partial charge is 0.187 e. The van der Waals surface area contributed by atoms with Gasteiger partial charge in [0, 0.05) is 80.3 Å². The zero-order valence-electron chi connectivity index (χ0n) is 57.7. The molecule has 22 heteroatoms. The Balaban J connectivity index is 0.000000168. The van der Waals surface area contributed by atoms with Crippen molar-refractivity contribution in [2.75, 3.05) is 41.0 Å². The highest BCUT2D eigenvalue weighted by atomic mass is 16.8. The highest BCUT2D eigenvalue weighted by Gasteiger charge is 2.80. The molecule has 0 bridgehead atoms. The minimum absolute atomic E-state index is 0.0723. The summed E-state index contributed by atoms with van der Waals surface area (Å²) in [6.45, 7) is 28.4. The molecule has 92 heavy (non-hydrogen) atoms. The number of aliphatic hydroxyl groups is 4. The molecule has 0 radical (unpaired) electrons. The molecule has 6 heterocycles. The average Bonchev–Trinajstić information content (AvgIpc) is 1.01. The van der Waals surface area contributed by atoms with Crippen LogP contribution in [0.3, 0.4) is 0 Å². The maximum Gasteiger partial charge on any atom is 0.187 e. The summed E-state index contributed by atoms with van der Waals surface area (Å²) in [5.41, 5.74) is -7.67. The van der Waals surface area contributed by atoms with Crippen molar-refractivity contribution in [2.24, 2.45) is 69.0 Å². The second kappa shape index (κ2) is 23.5. The quantitative estimate of drug-likeness (QED) is 0.0875. The van der Waals surface area contributed by atoms with Crippen molar-refractivity contribution < 1.29 is 101 Å². The van der Waals surface area contributed by atoms with Crippen LogP contribution in [0.4, 0.5) is 0 Å². The number of methoxy groups -OCH3 is 2. The Labute approximate surface area is 544 Å². The van der Waals surface area contributed by atoms with Crippen LogP contribution in [-0.2, 0) is 80.6 Å². The third-order valence-corrected chi connectivity index (χ3v) is 27.3. The van der Waals surface area contributed by atoms with Gasteiger partial charge in [0.15, 0.2) is 35.7 Å². The maximum absolute atomic E-state index is 13.0. The molecule has 0 amide bonds. The predicted molar refractivity (Wildman–Crippen MR) is 326 cm³/mol. The molecule has 14 rings (SSSR count). The van der Waals surface area contributed by atoms with E-state index in [4.69, 9.17) is 75.8 Å². The summed E-state index contributed by atoms with van der Waals surface area (Å²) in [5, 5.41) is 61.5. The van der Waals surface area contributed by atoms with Crippen molar-refractivity contribution >= 4 is 6.29 Å². The summed E-state index contributed by atoms with van der Waals surface area (Å²) in [6.07, 6.45) is 3.12. The van der Waals surface area contributed by atoms with Crippen LogP contribution >= 0.6 is 0 Å². The standard InChI is InChI=1S/C35H55NO10.C35H56O11/c2*1-19-20(2)42-29(28-27(19)45-31(5,6)46-28)43-22-13-25-34(17-41-30(3,4)44-25)26-23(10-11-33(34,37)14-22)35(38)12-9-21(16-36)32(35,7)15-24(26)40-18-39-8/h19-29,37-38H,9-15,17-18H2,1-8H3;16,19-29,37-38H,9-15,17-18H2,1-8H3/t2*19-,20-,21+,22-,23?,24+,25+,26?,27+,28+,29-,32+,33-,34+,35-/m00/s1. The third-order valence-electron chi connectivity index (χ3n) is 27.3. The SMILES string of the molecule is COCO[C@@H]1C[C@]2(C)[C@@H](C#N)CC[C@]2(O)C2CC[C@]3(O)C[C@@H](O[C@@H]4O[C@@H](C)[C@H](C)[C@H]5OC(C)(C)O[C@@H]45)C[C@H]4OC(C)(C)OC[C@]43C21.COCO[C@@H]1C[C@]2(C)[C@@H](C=O)CC[C@]2(O)C2CC[C@]3(O)C[C@@H](O[C@@H]4O[C@@H](C)[C@H](C)[C@H]5OC(C)(C)O[C@@H]45)C[C@H]4OC(C)(C)OC[C@]43C21. The van der Waals surface area contributed by atoms with Crippen LogP contribution in [0.15, 0.2) is 0 Å². The minimum atomic E-state index is -1.24. The van der Waals surface area contributed by atoms with E-state index in [9.17, 15) is 30.5 Å². The van der Waals surface area contributed by atoms with Crippen LogP contribution < -0.4 is 0 Å². The van der Waals surface area contributed by atoms with Crippen LogP contribution in [0.5, 0.6) is 0 Å². The monoisotopic (exact) mass is 1300 g/mol. The number of nitrogens with zero attached hydrogens (tertiary/aromatic N) is 1. The molecule has 30 atom stereocenters. The van der Waals surface area contributed by atoms with Gasteiger partial charge in [-0.2, -0.15) is 5.26 Å². The molecule has 6 saturated heterocycles. The van der Waals surface area contributed by atoms with Crippen molar-refractivity contribution in [3.8, 4) is 6.07 Å². The third kappa shape index (κ3) is 10.4. The fraction of sp³-hybridized carbons (Fsp3) is 0.971. The highest BCUT2D eigenvalue weighted by Crippen LogP contribution is 2.74. The number of ether oxygens (including phenoxy) is 16. The zero-order valence-corrected chi connectivity index (χ0v) is 57.7. The van der Waals surface area contributed by atoms with Crippen molar-refractivity contribution in [3.63, 3.8) is 0 Å². The minimum Gasteiger partial charge on any atom is -0.389 e. The number of nitriles is 1. The Morgan fingerprint density at radius 3 is 1.36 bits per heavy atom. The van der Waals surface area contributed by atoms with E-state index in [0.717, 1.165) is 6.29 Å². The fourth-order valence-electron chi connectivity index (χ4n) is 22.6. The molecule has 4 unspecified atom stereocenters. The van der Waals surface area contributed by atoms with Gasteiger partial charge in [-0.05, 0) is 145 Å². The number of carbonyl (C=O) groups is 1. The number of fused-ring (bicyclic) bond motifs is 8. The lowest BCUT2D eigenvalue weighted by Crippen LogP contribution is -2.78. The van der Waals surface area contributed by atoms with E-state index < -0.39 is 104 Å². The number of hydrogen-bond donors (Lipinski definition) is 4. The summed E-state index contributed by atoms with van der Waals surface area (Å²) in [4.78, 5) is 12.3. The van der Waals surface area contributed by atoms with Crippen molar-refractivity contribution in [3.05, 3.63) is 0 Å². The van der Waals surface area contributed by atoms with Gasteiger partial charge in [-0.1, -0.05) is 27.7 Å². The van der Waals surface area contributed by atoms with E-state index in [1.165, 1.54) is 0 Å². The molecule has 6 aliphatic heterocycles. The zero-order chi connectivity index (χ0) is 66.2. The first kappa shape index (κ1) is 68.9. The van der Waals surface area contributed by atoms with E-state index in [1.54, 1.807) is 14.2 Å². The first-order chi connectivity index (χ1) is 43.1. The van der Waals surface area contributed by atoms with Crippen LogP contribution in [0.1, 0.15) is 187 Å². The Bertz CT molecular complexity index is 2770. The highest BCUT2D eigenvalue weighted by molar-refractivity contribution is 5.57. The van der Waals surface area contributed by atoms with E-state index in [2.05, 4.69) is 26.8 Å². The topological polar surface area (TPSA) is 269 Å². The Morgan fingerprint density at radius 1 is 0.522 bits per heavy atom. The molecule has 0 aromatic heterocycles. The average molecular weight is 1300 g/mol. The van der Waals surface area contributed by atoms with Gasteiger partial charge in [0.2, 0.25) is 0 Å². The normalized spacial score (nSPS) is 55.3. The fourth-order valence-corrected chi connectivity index (χ4v) is 22.6. The van der Waals surface area contributed by atoms with E-state index in [-0.39, 0.29) is 123 Å². The largest absolute Gasteiger partial charge is 0.389 e. The molecule has 0 aromatic rings. The van der Waals surface area contributed by atoms with Gasteiger partial charge in [-0.15, -0.1) is 0 Å². The van der Waals surface area contributed by atoms with Gasteiger partial charge < -0.3 is 101 Å². The lowest BCUT2D eigenvalue weighted by atomic mass is 9.40. The number of rotatable bonds is 11. The van der Waals surface area contributed by atoms with Crippen molar-refractivity contribution in [1.82, 2.24) is 0 Å². The lowest BCUT2D eigenvalue weighted by Gasteiger charge is -2.71. The molecule has 14 fully saturated rings. The van der Waals surface area contributed by atoms with E-state index in [1.807, 2.05) is 76.2 Å². The van der Waals surface area contributed by atoms with Gasteiger partial charge in [0.05, 0.1) is 119 Å². The first-order valence-corrected chi connectivity index (χ1v) is 35.0. The molecule has 522 valence electrons. The van der Waals surface area contributed by atoms with Crippen LogP contribution in [0, 0.1) is 80.3 Å². The predicted octanol–water partition coefficient (Wildman–Crippen LogP) is 7.73. The summed E-state index contributed by atoms with van der Waals surface area (Å²) < 4.78 is 102. The summed E-state index contributed by atoms with van der Waals surface area (Å²) in [5.74, 6) is -4.55. The molecule has 22 nitrogen and oxygen atoms in total. The summed E-state index contributed by atoms with van der Waals surface area (Å²) in [7, 11) is 3.19. The summed E-state index contributed by atoms with van der Waals surface area (Å²) >= 11 is 0. The van der Waals surface area contributed by atoms with E-state index in [0.29, 0.717) is 89.9 Å². The van der Waals surface area contributed by atoms with Gasteiger partial charge in [-0.3, -0.25) is 0 Å². The Hall–Kier alpha value is -1.64. The lowest BCUT2D eigenvalue weighted by molar-refractivity contribution is -0.410.